The van der Waals surface area contributed by atoms with Crippen molar-refractivity contribution in [3.05, 3.63) is 46.5 Å². The average molecular weight is 217 g/mol. The molecule has 1 aromatic carbocycles. The van der Waals surface area contributed by atoms with Gasteiger partial charge in [-0.2, -0.15) is 5.26 Å². The van der Waals surface area contributed by atoms with Gasteiger partial charge in [0.05, 0.1) is 4.92 Å². The van der Waals surface area contributed by atoms with Crippen molar-refractivity contribution in [2.75, 3.05) is 5.32 Å². The first-order valence-electron chi connectivity index (χ1n) is 4.66. The van der Waals surface area contributed by atoms with Crippen LogP contribution in [0.3, 0.4) is 0 Å². The molecule has 1 atom stereocenters. The van der Waals surface area contributed by atoms with Crippen LogP contribution in [0.2, 0.25) is 0 Å². The predicted octanol–water partition coefficient (Wildman–Crippen LogP) is 2.45. The maximum absolute atomic E-state index is 10.7. The van der Waals surface area contributed by atoms with E-state index in [1.165, 1.54) is 12.1 Å². The Kier molecular flexibility index (Phi) is 3.62. The Morgan fingerprint density at radius 1 is 1.69 bits per heavy atom. The zero-order valence-corrected chi connectivity index (χ0v) is 8.80. The van der Waals surface area contributed by atoms with Gasteiger partial charge in [0.15, 0.2) is 0 Å². The molecule has 0 aromatic heterocycles. The topological polar surface area (TPSA) is 79.0 Å². The Morgan fingerprint density at radius 2 is 2.38 bits per heavy atom. The van der Waals surface area contributed by atoms with Crippen molar-refractivity contribution >= 4 is 11.4 Å². The highest BCUT2D eigenvalue weighted by Crippen LogP contribution is 2.22. The van der Waals surface area contributed by atoms with Gasteiger partial charge in [-0.1, -0.05) is 6.08 Å². The molecule has 5 heteroatoms. The molecular formula is C11H11N3O2. The molecule has 1 rings (SSSR count). The van der Waals surface area contributed by atoms with Gasteiger partial charge in [0.25, 0.3) is 5.69 Å². The molecule has 0 aliphatic carbocycles. The molecule has 0 aliphatic heterocycles. The van der Waals surface area contributed by atoms with E-state index in [2.05, 4.69) is 11.9 Å². The van der Waals surface area contributed by atoms with Gasteiger partial charge in [-0.25, -0.2) is 0 Å². The molecule has 0 bridgehead atoms. The van der Waals surface area contributed by atoms with Gasteiger partial charge in [-0.3, -0.25) is 10.1 Å². The SMILES string of the molecule is C=CC(C)Nc1ccc(C#N)c([N+](=O)[O-])c1. The van der Waals surface area contributed by atoms with Crippen molar-refractivity contribution in [1.82, 2.24) is 0 Å². The van der Waals surface area contributed by atoms with Crippen molar-refractivity contribution in [3.8, 4) is 6.07 Å². The van der Waals surface area contributed by atoms with E-state index in [9.17, 15) is 10.1 Å². The molecule has 82 valence electrons. The van der Waals surface area contributed by atoms with Crippen molar-refractivity contribution in [2.24, 2.45) is 0 Å². The minimum atomic E-state index is -0.567. The van der Waals surface area contributed by atoms with E-state index in [4.69, 9.17) is 5.26 Å². The van der Waals surface area contributed by atoms with Crippen molar-refractivity contribution in [1.29, 1.82) is 5.26 Å². The lowest BCUT2D eigenvalue weighted by Gasteiger charge is -2.10. The van der Waals surface area contributed by atoms with Gasteiger partial charge in [0.1, 0.15) is 11.6 Å². The number of hydrogen-bond acceptors (Lipinski definition) is 4. The Bertz CT molecular complexity index is 463. The van der Waals surface area contributed by atoms with Crippen molar-refractivity contribution in [3.63, 3.8) is 0 Å². The molecule has 0 radical (unpaired) electrons. The van der Waals surface area contributed by atoms with Crippen LogP contribution in [-0.2, 0) is 0 Å². The molecule has 1 unspecified atom stereocenters. The fourth-order valence-electron chi connectivity index (χ4n) is 1.19. The second kappa shape index (κ2) is 4.94. The Balaban J connectivity index is 3.08. The number of benzene rings is 1. The van der Waals surface area contributed by atoms with Crippen LogP contribution in [0.4, 0.5) is 11.4 Å². The number of anilines is 1. The number of nitrogens with one attached hydrogen (secondary N) is 1. The molecular weight excluding hydrogens is 206 g/mol. The summed E-state index contributed by atoms with van der Waals surface area (Å²) in [5.41, 5.74) is 0.462. The lowest BCUT2D eigenvalue weighted by Crippen LogP contribution is -2.11. The number of nitro groups is 1. The van der Waals surface area contributed by atoms with Gasteiger partial charge in [0, 0.05) is 17.8 Å². The van der Waals surface area contributed by atoms with E-state index in [0.29, 0.717) is 5.69 Å². The maximum Gasteiger partial charge on any atom is 0.289 e. The largest absolute Gasteiger partial charge is 0.379 e. The van der Waals surface area contributed by atoms with Crippen LogP contribution < -0.4 is 5.32 Å². The molecule has 0 aliphatic rings. The minimum Gasteiger partial charge on any atom is -0.379 e. The number of rotatable bonds is 4. The Hall–Kier alpha value is -2.35. The van der Waals surface area contributed by atoms with Gasteiger partial charge in [-0.05, 0) is 19.1 Å². The zero-order valence-electron chi connectivity index (χ0n) is 8.80. The lowest BCUT2D eigenvalue weighted by atomic mass is 10.1. The fraction of sp³-hybridized carbons (Fsp3) is 0.182. The van der Waals surface area contributed by atoms with Crippen LogP contribution in [0.1, 0.15) is 12.5 Å². The number of nitriles is 1. The van der Waals surface area contributed by atoms with Crippen LogP contribution in [0.25, 0.3) is 0 Å². The summed E-state index contributed by atoms with van der Waals surface area (Å²) in [6.45, 7) is 5.47. The third-order valence-corrected chi connectivity index (χ3v) is 2.06. The molecule has 0 saturated heterocycles. The smallest absolute Gasteiger partial charge is 0.289 e. The Labute approximate surface area is 93.2 Å². The van der Waals surface area contributed by atoms with Gasteiger partial charge < -0.3 is 5.32 Å². The van der Waals surface area contributed by atoms with E-state index < -0.39 is 4.92 Å². The summed E-state index contributed by atoms with van der Waals surface area (Å²) in [4.78, 5) is 10.1. The molecule has 5 nitrogen and oxygen atoms in total. The van der Waals surface area contributed by atoms with E-state index in [1.54, 1.807) is 18.2 Å². The number of hydrogen-bond donors (Lipinski definition) is 1. The van der Waals surface area contributed by atoms with Gasteiger partial charge >= 0.3 is 0 Å². The summed E-state index contributed by atoms with van der Waals surface area (Å²) in [6, 6.07) is 6.19. The second-order valence-corrected chi connectivity index (χ2v) is 3.27. The Morgan fingerprint density at radius 3 is 2.88 bits per heavy atom. The molecule has 0 spiro atoms. The van der Waals surface area contributed by atoms with E-state index in [0.717, 1.165) is 0 Å². The van der Waals surface area contributed by atoms with E-state index in [1.807, 2.05) is 6.92 Å². The van der Waals surface area contributed by atoms with Crippen LogP contribution in [0.15, 0.2) is 30.9 Å². The molecule has 0 heterocycles. The quantitative estimate of drug-likeness (QED) is 0.477. The first kappa shape index (κ1) is 11.7. The summed E-state index contributed by atoms with van der Waals surface area (Å²) >= 11 is 0. The van der Waals surface area contributed by atoms with Gasteiger partial charge in [-0.15, -0.1) is 6.58 Å². The van der Waals surface area contributed by atoms with Crippen molar-refractivity contribution in [2.45, 2.75) is 13.0 Å². The maximum atomic E-state index is 10.7. The highest BCUT2D eigenvalue weighted by molar-refractivity contribution is 5.59. The van der Waals surface area contributed by atoms with Crippen molar-refractivity contribution < 1.29 is 4.92 Å². The lowest BCUT2D eigenvalue weighted by molar-refractivity contribution is -0.385. The van der Waals surface area contributed by atoms with Crippen LogP contribution in [0, 0.1) is 21.4 Å². The predicted molar refractivity (Wildman–Crippen MR) is 61.1 cm³/mol. The van der Waals surface area contributed by atoms with Crippen LogP contribution >= 0.6 is 0 Å². The number of nitro benzene ring substituents is 1. The zero-order chi connectivity index (χ0) is 12.1. The standard InChI is InChI=1S/C11H11N3O2/c1-3-8(2)13-10-5-4-9(7-12)11(6-10)14(15)16/h3-6,8,13H,1H2,2H3. The molecule has 0 saturated carbocycles. The van der Waals surface area contributed by atoms with Gasteiger partial charge in [0.2, 0.25) is 0 Å². The third kappa shape index (κ3) is 2.58. The van der Waals surface area contributed by atoms with E-state index in [-0.39, 0.29) is 17.3 Å². The van der Waals surface area contributed by atoms with Crippen LogP contribution in [-0.4, -0.2) is 11.0 Å². The first-order valence-corrected chi connectivity index (χ1v) is 4.66. The molecule has 0 fully saturated rings. The highest BCUT2D eigenvalue weighted by atomic mass is 16.6. The third-order valence-electron chi connectivity index (χ3n) is 2.06. The summed E-state index contributed by atoms with van der Waals surface area (Å²) in [5, 5.41) is 22.4. The number of nitrogens with zero attached hydrogens (tertiary/aromatic N) is 2. The molecule has 1 aromatic rings. The second-order valence-electron chi connectivity index (χ2n) is 3.27. The summed E-state index contributed by atoms with van der Waals surface area (Å²) in [6.07, 6.45) is 1.68. The summed E-state index contributed by atoms with van der Waals surface area (Å²) < 4.78 is 0. The molecule has 0 amide bonds. The average Bonchev–Trinajstić information content (AvgIpc) is 2.28. The molecule has 1 N–H and O–H groups in total. The first-order chi connectivity index (χ1) is 7.58. The minimum absolute atomic E-state index is 0.00698. The molecule has 16 heavy (non-hydrogen) atoms. The van der Waals surface area contributed by atoms with Crippen LogP contribution in [0.5, 0.6) is 0 Å². The highest BCUT2D eigenvalue weighted by Gasteiger charge is 2.14. The summed E-state index contributed by atoms with van der Waals surface area (Å²) in [7, 11) is 0. The summed E-state index contributed by atoms with van der Waals surface area (Å²) in [5.74, 6) is 0. The fourth-order valence-corrected chi connectivity index (χ4v) is 1.19. The monoisotopic (exact) mass is 217 g/mol. The van der Waals surface area contributed by atoms with E-state index >= 15 is 0 Å². The normalized spacial score (nSPS) is 11.2.